The topological polar surface area (TPSA) is 67.4 Å². The van der Waals surface area contributed by atoms with Crippen molar-refractivity contribution in [2.75, 3.05) is 0 Å². The van der Waals surface area contributed by atoms with E-state index in [0.29, 0.717) is 35.1 Å². The number of phenols is 1. The van der Waals surface area contributed by atoms with E-state index < -0.39 is 0 Å². The Hall–Kier alpha value is -3.73. The minimum atomic E-state index is 0.0874. The summed E-state index contributed by atoms with van der Waals surface area (Å²) >= 11 is 0. The zero-order chi connectivity index (χ0) is 20.2. The van der Waals surface area contributed by atoms with Crippen LogP contribution in [0.15, 0.2) is 72.9 Å². The number of aromatic amines is 1. The summed E-state index contributed by atoms with van der Waals surface area (Å²) in [7, 11) is 0. The van der Waals surface area contributed by atoms with Crippen LogP contribution in [-0.4, -0.2) is 15.3 Å². The number of aryl methyl sites for hydroxylation is 2. The van der Waals surface area contributed by atoms with Gasteiger partial charge in [0.2, 0.25) is 0 Å². The predicted octanol–water partition coefficient (Wildman–Crippen LogP) is 5.77. The molecule has 0 bridgehead atoms. The van der Waals surface area contributed by atoms with Gasteiger partial charge in [-0.3, -0.25) is 5.10 Å². The Morgan fingerprint density at radius 2 is 1.52 bits per heavy atom. The van der Waals surface area contributed by atoms with E-state index in [2.05, 4.69) is 10.2 Å². The van der Waals surface area contributed by atoms with Crippen LogP contribution in [0.4, 0.5) is 0 Å². The molecule has 0 aliphatic carbocycles. The molecule has 0 atom stereocenters. The van der Waals surface area contributed by atoms with Crippen molar-refractivity contribution < 1.29 is 14.6 Å². The van der Waals surface area contributed by atoms with Crippen molar-refractivity contribution in [3.05, 3.63) is 89.6 Å². The molecule has 4 rings (SSSR count). The van der Waals surface area contributed by atoms with Crippen molar-refractivity contribution in [1.82, 2.24) is 10.2 Å². The monoisotopic (exact) mass is 386 g/mol. The van der Waals surface area contributed by atoms with Gasteiger partial charge in [0.05, 0.1) is 6.20 Å². The number of nitrogens with zero attached hydrogens (tertiary/aromatic N) is 1. The lowest BCUT2D eigenvalue weighted by Gasteiger charge is -2.11. The first kappa shape index (κ1) is 18.6. The number of hydrogen-bond acceptors (Lipinski definition) is 4. The lowest BCUT2D eigenvalue weighted by Crippen LogP contribution is -1.95. The van der Waals surface area contributed by atoms with Crippen LogP contribution in [0.1, 0.15) is 16.7 Å². The standard InChI is InChI=1S/C24H22N2O3/c1-16-3-7-18(8-4-16)15-28-20-11-12-21(22(27)13-20)24-23(14-25-26-24)29-19-9-5-17(2)6-10-19/h3-14,27H,15H2,1-2H3,(H,25,26). The molecule has 0 amide bonds. The van der Waals surface area contributed by atoms with E-state index in [4.69, 9.17) is 9.47 Å². The molecule has 5 heteroatoms. The highest BCUT2D eigenvalue weighted by Gasteiger charge is 2.14. The Morgan fingerprint density at radius 1 is 0.862 bits per heavy atom. The van der Waals surface area contributed by atoms with Crippen molar-refractivity contribution in [3.63, 3.8) is 0 Å². The van der Waals surface area contributed by atoms with Gasteiger partial charge in [-0.05, 0) is 43.7 Å². The summed E-state index contributed by atoms with van der Waals surface area (Å²) in [5.41, 5.74) is 4.63. The van der Waals surface area contributed by atoms with Gasteiger partial charge in [0.25, 0.3) is 0 Å². The van der Waals surface area contributed by atoms with Crippen LogP contribution >= 0.6 is 0 Å². The number of H-pyrrole nitrogens is 1. The second kappa shape index (κ2) is 8.10. The molecule has 1 aromatic heterocycles. The van der Waals surface area contributed by atoms with Crippen molar-refractivity contribution in [3.8, 4) is 34.3 Å². The maximum absolute atomic E-state index is 10.5. The lowest BCUT2D eigenvalue weighted by atomic mass is 10.1. The number of rotatable bonds is 6. The van der Waals surface area contributed by atoms with Crippen LogP contribution in [0.2, 0.25) is 0 Å². The summed E-state index contributed by atoms with van der Waals surface area (Å²) < 4.78 is 11.7. The second-order valence-electron chi connectivity index (χ2n) is 6.98. The van der Waals surface area contributed by atoms with Crippen LogP contribution < -0.4 is 9.47 Å². The van der Waals surface area contributed by atoms with Gasteiger partial charge >= 0.3 is 0 Å². The van der Waals surface area contributed by atoms with Crippen molar-refractivity contribution in [2.24, 2.45) is 0 Å². The molecule has 0 saturated heterocycles. The number of aromatic nitrogens is 2. The average Bonchev–Trinajstić information content (AvgIpc) is 3.17. The Balaban J connectivity index is 1.50. The van der Waals surface area contributed by atoms with Crippen LogP contribution in [0.25, 0.3) is 11.3 Å². The molecule has 1 heterocycles. The van der Waals surface area contributed by atoms with E-state index in [9.17, 15) is 5.11 Å². The van der Waals surface area contributed by atoms with Gasteiger partial charge in [0.15, 0.2) is 5.75 Å². The van der Waals surface area contributed by atoms with Crippen LogP contribution in [0, 0.1) is 13.8 Å². The van der Waals surface area contributed by atoms with E-state index in [0.717, 1.165) is 11.1 Å². The molecular formula is C24H22N2O3. The number of aromatic hydroxyl groups is 1. The SMILES string of the molecule is Cc1ccc(COc2ccc(-c3[nH]ncc3Oc3ccc(C)cc3)c(O)c2)cc1. The summed E-state index contributed by atoms with van der Waals surface area (Å²) in [5, 5.41) is 17.5. The third-order valence-corrected chi connectivity index (χ3v) is 4.62. The van der Waals surface area contributed by atoms with Crippen molar-refractivity contribution in [2.45, 2.75) is 20.5 Å². The molecule has 0 aliphatic heterocycles. The minimum absolute atomic E-state index is 0.0874. The highest BCUT2D eigenvalue weighted by atomic mass is 16.5. The average molecular weight is 386 g/mol. The zero-order valence-electron chi connectivity index (χ0n) is 16.3. The number of phenolic OH excluding ortho intramolecular Hbond substituents is 1. The fourth-order valence-electron chi connectivity index (χ4n) is 2.94. The van der Waals surface area contributed by atoms with Gasteiger partial charge in [0.1, 0.15) is 29.5 Å². The molecule has 146 valence electrons. The molecule has 0 spiro atoms. The molecule has 2 N–H and O–H groups in total. The fraction of sp³-hybridized carbons (Fsp3) is 0.125. The first-order valence-electron chi connectivity index (χ1n) is 9.38. The number of ether oxygens (including phenoxy) is 2. The zero-order valence-corrected chi connectivity index (χ0v) is 16.3. The maximum atomic E-state index is 10.5. The molecule has 0 aliphatic rings. The third kappa shape index (κ3) is 4.41. The summed E-state index contributed by atoms with van der Waals surface area (Å²) in [6, 6.07) is 21.1. The van der Waals surface area contributed by atoms with Crippen molar-refractivity contribution >= 4 is 0 Å². The Morgan fingerprint density at radius 3 is 2.21 bits per heavy atom. The second-order valence-corrected chi connectivity index (χ2v) is 6.98. The van der Waals surface area contributed by atoms with E-state index in [-0.39, 0.29) is 5.75 Å². The Bertz CT molecular complexity index is 1100. The molecular weight excluding hydrogens is 364 g/mol. The molecule has 0 radical (unpaired) electrons. The van der Waals surface area contributed by atoms with Gasteiger partial charge in [-0.1, -0.05) is 47.5 Å². The largest absolute Gasteiger partial charge is 0.507 e. The van der Waals surface area contributed by atoms with Gasteiger partial charge < -0.3 is 14.6 Å². The van der Waals surface area contributed by atoms with Gasteiger partial charge in [-0.2, -0.15) is 5.10 Å². The molecule has 0 saturated carbocycles. The first-order valence-corrected chi connectivity index (χ1v) is 9.38. The summed E-state index contributed by atoms with van der Waals surface area (Å²) in [5.74, 6) is 1.92. The van der Waals surface area contributed by atoms with Crippen molar-refractivity contribution in [1.29, 1.82) is 0 Å². The number of hydrogen-bond donors (Lipinski definition) is 2. The first-order chi connectivity index (χ1) is 14.1. The van der Waals surface area contributed by atoms with Crippen LogP contribution in [0.5, 0.6) is 23.0 Å². The van der Waals surface area contributed by atoms with Gasteiger partial charge in [-0.25, -0.2) is 0 Å². The molecule has 29 heavy (non-hydrogen) atoms. The van der Waals surface area contributed by atoms with E-state index in [1.54, 1.807) is 18.3 Å². The number of benzene rings is 3. The van der Waals surface area contributed by atoms with Gasteiger partial charge in [-0.15, -0.1) is 0 Å². The Labute approximate surface area is 169 Å². The smallest absolute Gasteiger partial charge is 0.173 e. The highest BCUT2D eigenvalue weighted by molar-refractivity contribution is 5.73. The molecule has 5 nitrogen and oxygen atoms in total. The normalized spacial score (nSPS) is 10.7. The van der Waals surface area contributed by atoms with Crippen LogP contribution in [-0.2, 0) is 6.61 Å². The maximum Gasteiger partial charge on any atom is 0.173 e. The molecule has 0 unspecified atom stereocenters. The highest BCUT2D eigenvalue weighted by Crippen LogP contribution is 2.38. The number of nitrogens with one attached hydrogen (secondary N) is 1. The van der Waals surface area contributed by atoms with Crippen LogP contribution in [0.3, 0.4) is 0 Å². The fourth-order valence-corrected chi connectivity index (χ4v) is 2.94. The predicted molar refractivity (Wildman–Crippen MR) is 112 cm³/mol. The summed E-state index contributed by atoms with van der Waals surface area (Å²) in [6.45, 7) is 4.51. The quantitative estimate of drug-likeness (QED) is 0.441. The van der Waals surface area contributed by atoms with E-state index in [1.807, 2.05) is 68.4 Å². The minimum Gasteiger partial charge on any atom is -0.507 e. The molecule has 4 aromatic rings. The van der Waals surface area contributed by atoms with E-state index in [1.165, 1.54) is 5.56 Å². The summed E-state index contributed by atoms with van der Waals surface area (Å²) in [4.78, 5) is 0. The molecule has 0 fully saturated rings. The lowest BCUT2D eigenvalue weighted by molar-refractivity contribution is 0.304. The Kier molecular flexibility index (Phi) is 5.20. The third-order valence-electron chi connectivity index (χ3n) is 4.62. The summed E-state index contributed by atoms with van der Waals surface area (Å²) in [6.07, 6.45) is 1.59. The molecule has 3 aromatic carbocycles. The van der Waals surface area contributed by atoms with E-state index >= 15 is 0 Å². The van der Waals surface area contributed by atoms with Gasteiger partial charge in [0, 0.05) is 11.6 Å².